The van der Waals surface area contributed by atoms with Gasteiger partial charge in [-0.3, -0.25) is 42.7 Å². The van der Waals surface area contributed by atoms with E-state index in [1.165, 1.54) is 87.7 Å². The van der Waals surface area contributed by atoms with E-state index in [2.05, 4.69) is 37.4 Å². The lowest BCUT2D eigenvalue weighted by Crippen LogP contribution is -2.33. The Kier molecular flexibility index (Phi) is 38.1. The number of nitrogens with zero attached hydrogens (tertiary/aromatic N) is 1. The number of aromatic hydroxyl groups is 2. The van der Waals surface area contributed by atoms with Gasteiger partial charge in [-0.15, -0.1) is 0 Å². The molecule has 1 aliphatic heterocycles. The van der Waals surface area contributed by atoms with Crippen LogP contribution in [0.25, 0.3) is 0 Å². The molecule has 0 aromatic heterocycles. The molecular formula is C87H85Cl10N7O13S. The Morgan fingerprint density at radius 1 is 0.424 bits per heavy atom. The van der Waals surface area contributed by atoms with Crippen molar-refractivity contribution in [2.24, 2.45) is 5.73 Å². The normalized spacial score (nSPS) is 11.9. The van der Waals surface area contributed by atoms with Gasteiger partial charge in [0.15, 0.2) is 0 Å². The van der Waals surface area contributed by atoms with Gasteiger partial charge < -0.3 is 56.7 Å². The standard InChI is InChI=1S/C21H24Cl2N2O2.C18H20Cl2N2O2.C18H15Cl2NO4.C16H15Cl2NO3S.C14H11Cl2NO2/c1-15-5-7-19(18(23)13-15)24-21(26)17-14-16(22)6-8-20(17)27-12-11-25-9-3-2-4-10-25;1-12-4-6-16(15(20)10-12)22-18(23)14-11-13(19)5-7-17(14)24-9-3-2-8-21;1-10(22)7-12-3-5-16(15(20)8-12)21-18(24)14-9-13(19)4-6-17(14)25-11(2)23;1-23(2,22)9-10-3-5-14(13(18)7-10)19-16(21)12-8-11(17)4-6-15(12)20;1-8-2-4-12(11(16)6-8)17-14(19)10-7-9(15)3-5-13(10)18/h5-8,13-14H,2-4,9-12H2,1H3,(H,24,26);4-7,10-11H,2-3,8-9,21H2,1H3,(H,22,23);3-6,8-9H,7H2,1-2H3,(H,21,24);3-8,20H,1,9H2,2H3,(H,19,21);2-7,18H,1H3,(H,17,19). The Morgan fingerprint density at radius 3 is 1.12 bits per heavy atom. The van der Waals surface area contributed by atoms with Gasteiger partial charge in [0.25, 0.3) is 29.5 Å². The number of phenols is 2. The molecule has 0 spiro atoms. The van der Waals surface area contributed by atoms with E-state index >= 15 is 0 Å². The maximum Gasteiger partial charge on any atom is 0.308 e. The molecule has 20 nitrogen and oxygen atoms in total. The molecule has 0 aliphatic carbocycles. The van der Waals surface area contributed by atoms with Crippen molar-refractivity contribution in [3.63, 3.8) is 0 Å². The SMILES string of the molecule is C=S(C)(=O)Cc1ccc(NC(=O)c2cc(Cl)ccc2O)c(Cl)c1.CC(=O)Cc1ccc(NC(=O)c2cc(Cl)ccc2OC(C)=O)c(Cl)c1.Cc1ccc(NC(=O)c2cc(Cl)ccc2O)c(Cl)c1.Cc1ccc(NC(=O)c2cc(Cl)ccc2OCCCCN)c(Cl)c1.Cc1ccc(NC(=O)c2cc(Cl)ccc2OCCN2CCCCC2)c(Cl)c1. The van der Waals surface area contributed by atoms with Crippen molar-refractivity contribution < 1.29 is 62.2 Å². The van der Waals surface area contributed by atoms with Crippen LogP contribution in [0.3, 0.4) is 0 Å². The smallest absolute Gasteiger partial charge is 0.308 e. The first-order valence-electron chi connectivity index (χ1n) is 36.4. The Hall–Kier alpha value is -9.27. The second-order valence-electron chi connectivity index (χ2n) is 27.0. The highest BCUT2D eigenvalue weighted by atomic mass is 35.5. The molecule has 1 heterocycles. The summed E-state index contributed by atoms with van der Waals surface area (Å²) in [6.07, 6.45) is 7.31. The number of unbranched alkanes of at least 4 members (excludes halogenated alkanes) is 1. The summed E-state index contributed by atoms with van der Waals surface area (Å²) in [6.45, 7) is 13.2. The van der Waals surface area contributed by atoms with Crippen LogP contribution in [0.4, 0.5) is 28.4 Å². The van der Waals surface area contributed by atoms with Crippen molar-refractivity contribution in [3.8, 4) is 28.7 Å². The van der Waals surface area contributed by atoms with Crippen molar-refractivity contribution in [2.45, 2.75) is 78.9 Å². The van der Waals surface area contributed by atoms with Crippen molar-refractivity contribution in [2.75, 3.05) is 72.2 Å². The third-order valence-electron chi connectivity index (χ3n) is 16.8. The lowest BCUT2D eigenvalue weighted by molar-refractivity contribution is -0.131. The highest BCUT2D eigenvalue weighted by Gasteiger charge is 2.22. The number of hydrogen-bond acceptors (Lipinski definition) is 15. The van der Waals surface area contributed by atoms with Gasteiger partial charge in [-0.25, -0.2) is 0 Å². The molecule has 1 fully saturated rings. The van der Waals surface area contributed by atoms with Crippen LogP contribution in [0.2, 0.25) is 50.2 Å². The molecular weight excluding hydrogens is 1740 g/mol. The number of likely N-dealkylation sites (tertiary alicyclic amines) is 1. The molecule has 5 amide bonds. The number of aryl methyl sites for hydroxylation is 3. The van der Waals surface area contributed by atoms with Gasteiger partial charge in [0.2, 0.25) is 0 Å². The number of ether oxygens (including phenoxy) is 3. The van der Waals surface area contributed by atoms with Crippen molar-refractivity contribution in [1.29, 1.82) is 0 Å². The lowest BCUT2D eigenvalue weighted by Gasteiger charge is -2.26. The van der Waals surface area contributed by atoms with Crippen molar-refractivity contribution in [1.82, 2.24) is 4.90 Å². The van der Waals surface area contributed by atoms with E-state index in [0.717, 1.165) is 60.3 Å². The minimum absolute atomic E-state index is 0.0119. The van der Waals surface area contributed by atoms with Gasteiger partial charge in [0.05, 0.1) is 88.0 Å². The third kappa shape index (κ3) is 31.8. The number of benzene rings is 10. The molecule has 1 saturated heterocycles. The summed E-state index contributed by atoms with van der Waals surface area (Å²) >= 11 is 60.4. The summed E-state index contributed by atoms with van der Waals surface area (Å²) in [5, 5.41) is 36.9. The third-order valence-corrected chi connectivity index (χ3v) is 20.5. The van der Waals surface area contributed by atoms with Gasteiger partial charge in [-0.05, 0) is 268 Å². The summed E-state index contributed by atoms with van der Waals surface area (Å²) in [4.78, 5) is 86.8. The summed E-state index contributed by atoms with van der Waals surface area (Å²) < 4.78 is 28.3. The number of halogens is 10. The lowest BCUT2D eigenvalue weighted by atomic mass is 10.1. The van der Waals surface area contributed by atoms with Gasteiger partial charge in [-0.2, -0.15) is 0 Å². The largest absolute Gasteiger partial charge is 0.507 e. The fourth-order valence-electron chi connectivity index (χ4n) is 11.1. The molecule has 31 heteroatoms. The molecule has 1 unspecified atom stereocenters. The molecule has 1 atom stereocenters. The summed E-state index contributed by atoms with van der Waals surface area (Å²) in [7, 11) is -2.18. The predicted octanol–water partition coefficient (Wildman–Crippen LogP) is 22.5. The molecule has 10 aromatic carbocycles. The average Bonchev–Trinajstić information content (AvgIpc) is 0.557. The topological polar surface area (TPSA) is 294 Å². The maximum absolute atomic E-state index is 12.8. The summed E-state index contributed by atoms with van der Waals surface area (Å²) in [5.74, 6) is 2.01. The number of amides is 5. The second-order valence-corrected chi connectivity index (χ2v) is 33.9. The van der Waals surface area contributed by atoms with Crippen LogP contribution in [0, 0.1) is 20.8 Å². The number of carbonyl (C=O) groups excluding carboxylic acids is 7. The minimum Gasteiger partial charge on any atom is -0.507 e. The molecule has 10 aromatic rings. The first kappa shape index (κ1) is 95.9. The molecule has 118 heavy (non-hydrogen) atoms. The zero-order chi connectivity index (χ0) is 86.5. The van der Waals surface area contributed by atoms with Crippen molar-refractivity contribution in [3.05, 3.63) is 288 Å². The first-order valence-corrected chi connectivity index (χ1v) is 42.4. The highest BCUT2D eigenvalue weighted by molar-refractivity contribution is 7.98. The molecule has 9 N–H and O–H groups in total. The maximum atomic E-state index is 12.8. The van der Waals surface area contributed by atoms with E-state index in [4.69, 9.17) is 136 Å². The van der Waals surface area contributed by atoms with E-state index in [-0.39, 0.29) is 58.0 Å². The number of ketones is 1. The van der Waals surface area contributed by atoms with Crippen LogP contribution >= 0.6 is 116 Å². The van der Waals surface area contributed by atoms with Crippen molar-refractivity contribution >= 4 is 201 Å². The van der Waals surface area contributed by atoms with Gasteiger partial charge in [0.1, 0.15) is 41.1 Å². The van der Waals surface area contributed by atoms with E-state index in [9.17, 15) is 48.0 Å². The Balaban J connectivity index is 0.000000204. The summed E-state index contributed by atoms with van der Waals surface area (Å²) in [6, 6.07) is 49.0. The van der Waals surface area contributed by atoms with Crippen LogP contribution in [0.5, 0.6) is 28.7 Å². The molecule has 0 bridgehead atoms. The number of Topliss-reactive ketones (excluding diaryl/α,β-unsaturated/α-hetero) is 1. The monoisotopic (exact) mass is 1820 g/mol. The number of rotatable bonds is 24. The fourth-order valence-corrected chi connectivity index (χ4v) is 14.2. The van der Waals surface area contributed by atoms with E-state index < -0.39 is 33.2 Å². The minimum atomic E-state index is -2.18. The molecule has 11 rings (SSSR count). The van der Waals surface area contributed by atoms with Crippen LogP contribution in [-0.2, 0) is 31.3 Å². The first-order chi connectivity index (χ1) is 55.9. The van der Waals surface area contributed by atoms with Gasteiger partial charge >= 0.3 is 5.97 Å². The summed E-state index contributed by atoms with van der Waals surface area (Å²) in [5.41, 5.74) is 13.4. The van der Waals surface area contributed by atoms with Crippen LogP contribution in [0.1, 0.15) is 126 Å². The average molecular weight is 1820 g/mol. The number of carbonyl (C=O) groups is 7. The Labute approximate surface area is 735 Å². The number of anilines is 5. The number of nitrogens with one attached hydrogen (secondary N) is 5. The van der Waals surface area contributed by atoms with Crippen LogP contribution < -0.4 is 46.5 Å². The predicted molar refractivity (Wildman–Crippen MR) is 482 cm³/mol. The number of hydrogen-bond donors (Lipinski definition) is 8. The zero-order valence-electron chi connectivity index (χ0n) is 64.8. The molecule has 622 valence electrons. The fraction of sp³-hybridized carbons (Fsp3) is 0.218. The highest BCUT2D eigenvalue weighted by Crippen LogP contribution is 2.34. The molecule has 1 aliphatic rings. The molecule has 0 saturated carbocycles. The van der Waals surface area contributed by atoms with E-state index in [1.807, 2.05) is 45.0 Å². The van der Waals surface area contributed by atoms with Crippen LogP contribution in [0.15, 0.2) is 182 Å². The Morgan fingerprint density at radius 2 is 0.754 bits per heavy atom. The molecule has 0 radical (unpaired) electrons. The van der Waals surface area contributed by atoms with E-state index in [0.29, 0.717) is 127 Å². The van der Waals surface area contributed by atoms with E-state index in [1.54, 1.807) is 109 Å². The number of nitrogens with two attached hydrogens (primary N) is 1. The second kappa shape index (κ2) is 46.9. The van der Waals surface area contributed by atoms with Gasteiger partial charge in [-0.1, -0.05) is 153 Å². The number of esters is 1. The zero-order valence-corrected chi connectivity index (χ0v) is 73.2. The number of piperidine rings is 1. The van der Waals surface area contributed by atoms with Crippen LogP contribution in [-0.4, -0.2) is 112 Å². The van der Waals surface area contributed by atoms with Gasteiger partial charge in [0, 0.05) is 57.0 Å². The quantitative estimate of drug-likeness (QED) is 0.0121. The number of phenolic OH excluding ortho intramolecular Hbond substituents is 2. The Bertz CT molecular complexity index is 5400.